The predicted molar refractivity (Wildman–Crippen MR) is 81.2 cm³/mol. The first-order valence-electron chi connectivity index (χ1n) is 6.32. The molecule has 0 aliphatic carbocycles. The third-order valence-corrected chi connectivity index (χ3v) is 5.13. The minimum atomic E-state index is 0.685. The van der Waals surface area contributed by atoms with Crippen LogP contribution >= 0.6 is 22.7 Å². The summed E-state index contributed by atoms with van der Waals surface area (Å²) in [7, 11) is 0. The number of nitrogens with zero attached hydrogens (tertiary/aromatic N) is 2. The fraction of sp³-hybridized carbons (Fsp3) is 0.286. The minimum absolute atomic E-state index is 0.685. The van der Waals surface area contributed by atoms with Crippen LogP contribution in [0.15, 0.2) is 23.7 Å². The summed E-state index contributed by atoms with van der Waals surface area (Å²) in [6, 6.07) is 4.24. The normalized spacial score (nSPS) is 11.2. The summed E-state index contributed by atoms with van der Waals surface area (Å²) < 4.78 is 4.41. The molecule has 0 radical (unpaired) electrons. The molecule has 3 nitrogen and oxygen atoms in total. The number of thiophene rings is 2. The van der Waals surface area contributed by atoms with Crippen LogP contribution in [-0.4, -0.2) is 16.1 Å². The molecule has 3 aromatic rings. The van der Waals surface area contributed by atoms with Gasteiger partial charge in [-0.25, -0.2) is 0 Å². The van der Waals surface area contributed by atoms with Crippen LogP contribution in [0.3, 0.4) is 0 Å². The van der Waals surface area contributed by atoms with Crippen molar-refractivity contribution in [3.63, 3.8) is 0 Å². The van der Waals surface area contributed by atoms with Gasteiger partial charge in [0.05, 0.1) is 10.4 Å². The molecule has 5 heteroatoms. The summed E-state index contributed by atoms with van der Waals surface area (Å²) in [5.41, 5.74) is 1.50. The van der Waals surface area contributed by atoms with Crippen molar-refractivity contribution in [2.75, 3.05) is 0 Å². The zero-order chi connectivity index (χ0) is 13.2. The number of aryl methyl sites for hydroxylation is 1. The van der Waals surface area contributed by atoms with Crippen molar-refractivity contribution in [3.8, 4) is 10.6 Å². The van der Waals surface area contributed by atoms with E-state index in [0.717, 1.165) is 36.2 Å². The molecule has 19 heavy (non-hydrogen) atoms. The van der Waals surface area contributed by atoms with Gasteiger partial charge in [-0.2, -0.15) is 5.10 Å². The number of carbonyl (C=O) groups excluding carboxylic acids is 1. The molecule has 0 N–H and O–H groups in total. The Labute approximate surface area is 119 Å². The van der Waals surface area contributed by atoms with Gasteiger partial charge >= 0.3 is 0 Å². The molecule has 98 valence electrons. The van der Waals surface area contributed by atoms with Gasteiger partial charge in [0.15, 0.2) is 6.29 Å². The molecule has 0 spiro atoms. The highest BCUT2D eigenvalue weighted by Crippen LogP contribution is 2.36. The highest BCUT2D eigenvalue weighted by Gasteiger charge is 2.13. The van der Waals surface area contributed by atoms with E-state index in [9.17, 15) is 4.79 Å². The molecule has 3 rings (SSSR count). The molecule has 0 amide bonds. The van der Waals surface area contributed by atoms with E-state index in [0.29, 0.717) is 5.56 Å². The molecule has 0 fully saturated rings. The third-order valence-electron chi connectivity index (χ3n) is 3.03. The Balaban J connectivity index is 2.00. The van der Waals surface area contributed by atoms with E-state index in [1.807, 2.05) is 10.9 Å². The first kappa shape index (κ1) is 12.6. The van der Waals surface area contributed by atoms with E-state index in [4.69, 9.17) is 0 Å². The van der Waals surface area contributed by atoms with Crippen LogP contribution in [0.5, 0.6) is 0 Å². The van der Waals surface area contributed by atoms with E-state index in [1.165, 1.54) is 9.40 Å². The summed E-state index contributed by atoms with van der Waals surface area (Å²) in [6.45, 7) is 3.02. The van der Waals surface area contributed by atoms with Gasteiger partial charge in [0.1, 0.15) is 5.69 Å². The Morgan fingerprint density at radius 2 is 2.32 bits per heavy atom. The van der Waals surface area contributed by atoms with Gasteiger partial charge in [-0.3, -0.25) is 9.48 Å². The second kappa shape index (κ2) is 5.27. The summed E-state index contributed by atoms with van der Waals surface area (Å²) in [4.78, 5) is 12.3. The summed E-state index contributed by atoms with van der Waals surface area (Å²) in [6.07, 6.45) is 4.96. The van der Waals surface area contributed by atoms with Crippen LogP contribution in [-0.2, 0) is 6.54 Å². The number of aromatic nitrogens is 2. The molecule has 0 saturated carbocycles. The van der Waals surface area contributed by atoms with Gasteiger partial charge in [-0.15, -0.1) is 22.7 Å². The third kappa shape index (κ3) is 2.35. The van der Waals surface area contributed by atoms with Crippen molar-refractivity contribution in [1.82, 2.24) is 9.78 Å². The number of hydrogen-bond acceptors (Lipinski definition) is 4. The van der Waals surface area contributed by atoms with Crippen LogP contribution in [0.25, 0.3) is 20.0 Å². The van der Waals surface area contributed by atoms with Crippen molar-refractivity contribution < 1.29 is 4.79 Å². The summed E-state index contributed by atoms with van der Waals surface area (Å²) in [5.74, 6) is 0. The van der Waals surface area contributed by atoms with E-state index in [2.05, 4.69) is 29.5 Å². The van der Waals surface area contributed by atoms with Crippen molar-refractivity contribution >= 4 is 38.4 Å². The van der Waals surface area contributed by atoms with Crippen LogP contribution in [0.4, 0.5) is 0 Å². The first-order valence-corrected chi connectivity index (χ1v) is 8.01. The smallest absolute Gasteiger partial charge is 0.153 e. The Morgan fingerprint density at radius 1 is 1.42 bits per heavy atom. The molecule has 0 aromatic carbocycles. The Morgan fingerprint density at radius 3 is 3.05 bits per heavy atom. The molecule has 0 saturated heterocycles. The molecule has 0 aliphatic heterocycles. The average Bonchev–Trinajstić information content (AvgIpc) is 3.08. The minimum Gasteiger partial charge on any atom is -0.298 e. The Kier molecular flexibility index (Phi) is 3.48. The summed E-state index contributed by atoms with van der Waals surface area (Å²) >= 11 is 3.42. The van der Waals surface area contributed by atoms with Gasteiger partial charge in [-0.1, -0.05) is 13.3 Å². The van der Waals surface area contributed by atoms with Crippen LogP contribution in [0, 0.1) is 0 Å². The second-order valence-electron chi connectivity index (χ2n) is 4.43. The lowest BCUT2D eigenvalue weighted by Crippen LogP contribution is -1.97. The number of carbonyl (C=O) groups is 1. The van der Waals surface area contributed by atoms with E-state index in [-0.39, 0.29) is 0 Å². The molecular weight excluding hydrogens is 276 g/mol. The second-order valence-corrected chi connectivity index (χ2v) is 6.46. The predicted octanol–water partition coefficient (Wildman–Crippen LogP) is 4.44. The maximum atomic E-state index is 11.2. The molecule has 3 aromatic heterocycles. The fourth-order valence-electron chi connectivity index (χ4n) is 2.03. The topological polar surface area (TPSA) is 34.9 Å². The van der Waals surface area contributed by atoms with Crippen LogP contribution in [0.1, 0.15) is 30.1 Å². The van der Waals surface area contributed by atoms with Gasteiger partial charge in [0.2, 0.25) is 0 Å². The standard InChI is InChI=1S/C14H14N2OS2/c1-2-3-5-16-8-10(9-17)14(15-16)13-7-12-11(19-13)4-6-18-12/h4,6-9H,2-3,5H2,1H3. The number of hydrogen-bond donors (Lipinski definition) is 0. The highest BCUT2D eigenvalue weighted by atomic mass is 32.1. The van der Waals surface area contributed by atoms with Crippen molar-refractivity contribution in [2.24, 2.45) is 0 Å². The number of unbranched alkanes of at least 4 members (excludes halogenated alkanes) is 1. The zero-order valence-corrected chi connectivity index (χ0v) is 12.3. The zero-order valence-electron chi connectivity index (χ0n) is 10.6. The van der Waals surface area contributed by atoms with Crippen molar-refractivity contribution in [2.45, 2.75) is 26.3 Å². The number of fused-ring (bicyclic) bond motifs is 1. The maximum Gasteiger partial charge on any atom is 0.153 e. The first-order chi connectivity index (χ1) is 9.31. The maximum absolute atomic E-state index is 11.2. The molecule has 0 bridgehead atoms. The molecular formula is C14H14N2OS2. The Bertz CT molecular complexity index is 679. The van der Waals surface area contributed by atoms with Gasteiger partial charge < -0.3 is 0 Å². The highest BCUT2D eigenvalue weighted by molar-refractivity contribution is 7.28. The lowest BCUT2D eigenvalue weighted by Gasteiger charge is -1.97. The summed E-state index contributed by atoms with van der Waals surface area (Å²) in [5, 5.41) is 6.65. The lowest BCUT2D eigenvalue weighted by molar-refractivity contribution is 0.112. The van der Waals surface area contributed by atoms with Gasteiger partial charge in [-0.05, 0) is 23.9 Å². The monoisotopic (exact) mass is 290 g/mol. The van der Waals surface area contributed by atoms with E-state index in [1.54, 1.807) is 22.7 Å². The molecule has 3 heterocycles. The SMILES string of the molecule is CCCCn1cc(C=O)c(-c2cc3sccc3s2)n1. The lowest BCUT2D eigenvalue weighted by atomic mass is 10.2. The Hall–Kier alpha value is -1.46. The molecule has 0 unspecified atom stereocenters. The van der Waals surface area contributed by atoms with Crippen molar-refractivity contribution in [1.29, 1.82) is 0 Å². The van der Waals surface area contributed by atoms with Crippen LogP contribution in [0.2, 0.25) is 0 Å². The largest absolute Gasteiger partial charge is 0.298 e. The molecule has 0 aliphatic rings. The number of aldehydes is 1. The van der Waals surface area contributed by atoms with Crippen LogP contribution < -0.4 is 0 Å². The van der Waals surface area contributed by atoms with Gasteiger partial charge in [0.25, 0.3) is 0 Å². The quantitative estimate of drug-likeness (QED) is 0.651. The van der Waals surface area contributed by atoms with E-state index >= 15 is 0 Å². The number of rotatable bonds is 5. The molecule has 0 atom stereocenters. The fourth-order valence-corrected chi connectivity index (χ4v) is 4.15. The average molecular weight is 290 g/mol. The van der Waals surface area contributed by atoms with Gasteiger partial charge in [0, 0.05) is 22.1 Å². The van der Waals surface area contributed by atoms with Crippen molar-refractivity contribution in [3.05, 3.63) is 29.3 Å². The van der Waals surface area contributed by atoms with E-state index < -0.39 is 0 Å².